The molecule has 0 bridgehead atoms. The first-order valence-electron chi connectivity index (χ1n) is 3.40. The molecule has 2 aliphatic rings. The molecule has 0 saturated carbocycles. The summed E-state index contributed by atoms with van der Waals surface area (Å²) in [6, 6.07) is 0. The third kappa shape index (κ3) is 0.998. The number of morpholine rings is 1. The maximum atomic E-state index is 10.5. The summed E-state index contributed by atoms with van der Waals surface area (Å²) < 4.78 is 9.79. The summed E-state index contributed by atoms with van der Waals surface area (Å²) in [6.45, 7) is 3.06. The van der Waals surface area contributed by atoms with Crippen molar-refractivity contribution < 1.29 is 14.3 Å². The summed E-state index contributed by atoms with van der Waals surface area (Å²) in [4.78, 5) is 12.5. The second-order valence-electron chi connectivity index (χ2n) is 2.44. The Morgan fingerprint density at radius 3 is 2.50 bits per heavy atom. The Morgan fingerprint density at radius 1 is 1.40 bits per heavy atom. The Morgan fingerprint density at radius 2 is 2.00 bits per heavy atom. The molecule has 2 saturated heterocycles. The zero-order valence-electron chi connectivity index (χ0n) is 5.58. The Labute approximate surface area is 58.7 Å². The molecule has 2 aliphatic heterocycles. The lowest BCUT2D eigenvalue weighted by Crippen LogP contribution is -2.38. The average molecular weight is 143 g/mol. The third-order valence-electron chi connectivity index (χ3n) is 1.75. The summed E-state index contributed by atoms with van der Waals surface area (Å²) in [5.41, 5.74) is 0. The van der Waals surface area contributed by atoms with Gasteiger partial charge in [0.05, 0.1) is 13.2 Å². The van der Waals surface area contributed by atoms with E-state index in [1.54, 1.807) is 0 Å². The fourth-order valence-corrected chi connectivity index (χ4v) is 1.11. The highest BCUT2D eigenvalue weighted by atomic mass is 16.7. The highest BCUT2D eigenvalue weighted by Crippen LogP contribution is 2.18. The van der Waals surface area contributed by atoms with Gasteiger partial charge in [-0.05, 0) is 0 Å². The van der Waals surface area contributed by atoms with Gasteiger partial charge in [-0.2, -0.15) is 0 Å². The van der Waals surface area contributed by atoms with Crippen molar-refractivity contribution in [3.05, 3.63) is 0 Å². The molecule has 2 rings (SSSR count). The van der Waals surface area contributed by atoms with Gasteiger partial charge in [0.15, 0.2) is 0 Å². The van der Waals surface area contributed by atoms with Crippen LogP contribution in [-0.2, 0) is 14.3 Å². The summed E-state index contributed by atoms with van der Waals surface area (Å²) in [5.74, 6) is -0.0955. The molecule has 0 aliphatic carbocycles. The number of epoxide rings is 1. The maximum absolute atomic E-state index is 10.5. The van der Waals surface area contributed by atoms with Crippen LogP contribution in [0.1, 0.15) is 0 Å². The average Bonchev–Trinajstić information content (AvgIpc) is 2.69. The predicted molar refractivity (Wildman–Crippen MR) is 32.3 cm³/mol. The first-order valence-corrected chi connectivity index (χ1v) is 3.40. The summed E-state index contributed by atoms with van der Waals surface area (Å²) >= 11 is 0. The molecule has 0 N–H and O–H groups in total. The predicted octanol–water partition coefficient (Wildman–Crippen LogP) is -0.798. The van der Waals surface area contributed by atoms with E-state index in [4.69, 9.17) is 4.74 Å². The van der Waals surface area contributed by atoms with Crippen molar-refractivity contribution in [3.8, 4) is 0 Å². The zero-order chi connectivity index (χ0) is 6.97. The molecule has 2 heterocycles. The van der Waals surface area contributed by atoms with E-state index in [0.717, 1.165) is 13.1 Å². The van der Waals surface area contributed by atoms with E-state index in [-0.39, 0.29) is 12.2 Å². The van der Waals surface area contributed by atoms with Crippen LogP contribution in [0.5, 0.6) is 0 Å². The van der Waals surface area contributed by atoms with Crippen LogP contribution in [0.15, 0.2) is 0 Å². The largest absolute Gasteiger partial charge is 0.431 e. The van der Waals surface area contributed by atoms with Gasteiger partial charge in [-0.25, -0.2) is 4.79 Å². The summed E-state index contributed by atoms with van der Waals surface area (Å²) in [5, 5.41) is 0. The van der Waals surface area contributed by atoms with Crippen molar-refractivity contribution in [2.24, 2.45) is 0 Å². The number of cyclic esters (lactones) is 1. The van der Waals surface area contributed by atoms with Crippen molar-refractivity contribution in [1.29, 1.82) is 0 Å². The minimum atomic E-state index is -0.233. The van der Waals surface area contributed by atoms with Crippen LogP contribution in [0.2, 0.25) is 0 Å². The van der Waals surface area contributed by atoms with Crippen LogP contribution in [0.3, 0.4) is 0 Å². The van der Waals surface area contributed by atoms with E-state index in [1.165, 1.54) is 0 Å². The summed E-state index contributed by atoms with van der Waals surface area (Å²) in [7, 11) is 0. The van der Waals surface area contributed by atoms with Gasteiger partial charge < -0.3 is 9.47 Å². The molecule has 10 heavy (non-hydrogen) atoms. The number of nitrogens with zero attached hydrogens (tertiary/aromatic N) is 1. The molecule has 2 fully saturated rings. The minimum absolute atomic E-state index is 0.0955. The van der Waals surface area contributed by atoms with Gasteiger partial charge in [-0.3, -0.25) is 4.90 Å². The van der Waals surface area contributed by atoms with Gasteiger partial charge >= 0.3 is 5.97 Å². The highest BCUT2D eigenvalue weighted by molar-refractivity contribution is 5.86. The first kappa shape index (κ1) is 6.12. The van der Waals surface area contributed by atoms with Gasteiger partial charge in [0, 0.05) is 13.1 Å². The van der Waals surface area contributed by atoms with Gasteiger partial charge in [0.2, 0.25) is 0 Å². The third-order valence-corrected chi connectivity index (χ3v) is 1.75. The number of carbonyl (C=O) groups is 1. The van der Waals surface area contributed by atoms with Gasteiger partial charge in [0.25, 0.3) is 6.23 Å². The molecule has 1 atom stereocenters. The molecule has 0 spiro atoms. The van der Waals surface area contributed by atoms with E-state index >= 15 is 0 Å². The fourth-order valence-electron chi connectivity index (χ4n) is 1.11. The van der Waals surface area contributed by atoms with E-state index in [0.29, 0.717) is 13.2 Å². The molecule has 0 unspecified atom stereocenters. The normalized spacial score (nSPS) is 33.6. The van der Waals surface area contributed by atoms with E-state index in [1.807, 2.05) is 4.90 Å². The lowest BCUT2D eigenvalue weighted by molar-refractivity contribution is -0.117. The van der Waals surface area contributed by atoms with Gasteiger partial charge in [-0.1, -0.05) is 0 Å². The van der Waals surface area contributed by atoms with Gasteiger partial charge in [0.1, 0.15) is 0 Å². The molecule has 0 aromatic rings. The second-order valence-corrected chi connectivity index (χ2v) is 2.44. The molecular weight excluding hydrogens is 134 g/mol. The Balaban J connectivity index is 1.86. The Hall–Kier alpha value is -0.610. The first-order chi connectivity index (χ1) is 4.88. The molecule has 56 valence electrons. The van der Waals surface area contributed by atoms with Crippen LogP contribution in [0, 0.1) is 0 Å². The molecule has 4 nitrogen and oxygen atoms in total. The van der Waals surface area contributed by atoms with Crippen molar-refractivity contribution in [2.45, 2.75) is 6.23 Å². The van der Waals surface area contributed by atoms with Gasteiger partial charge in [-0.15, -0.1) is 0 Å². The number of hydrogen-bond acceptors (Lipinski definition) is 4. The second kappa shape index (κ2) is 2.21. The molecule has 0 amide bonds. The van der Waals surface area contributed by atoms with Crippen LogP contribution >= 0.6 is 0 Å². The number of rotatable bonds is 1. The van der Waals surface area contributed by atoms with E-state index in [9.17, 15) is 4.79 Å². The number of hydrogen-bond donors (Lipinski definition) is 0. The quantitative estimate of drug-likeness (QED) is 0.451. The van der Waals surface area contributed by atoms with Crippen molar-refractivity contribution in [1.82, 2.24) is 4.90 Å². The van der Waals surface area contributed by atoms with Crippen LogP contribution < -0.4 is 0 Å². The lowest BCUT2D eigenvalue weighted by Gasteiger charge is -2.22. The minimum Gasteiger partial charge on any atom is -0.431 e. The molecule has 4 heteroatoms. The highest BCUT2D eigenvalue weighted by Gasteiger charge is 2.43. The summed E-state index contributed by atoms with van der Waals surface area (Å²) in [6.07, 6.45) is -0.233. The molecule has 0 aromatic carbocycles. The van der Waals surface area contributed by atoms with Crippen molar-refractivity contribution in [3.63, 3.8) is 0 Å². The Kier molecular flexibility index (Phi) is 1.35. The number of ether oxygens (including phenoxy) is 2. The topological polar surface area (TPSA) is 42.1 Å². The van der Waals surface area contributed by atoms with Crippen molar-refractivity contribution in [2.75, 3.05) is 26.3 Å². The maximum Gasteiger partial charge on any atom is 0.365 e. The molecular formula is C6H9NO3. The molecule has 0 radical (unpaired) electrons. The SMILES string of the molecule is O=C1O[C@@H]1N1CCOCC1. The van der Waals surface area contributed by atoms with E-state index < -0.39 is 0 Å². The number of carbonyl (C=O) groups excluding carboxylic acids is 1. The lowest BCUT2D eigenvalue weighted by atomic mass is 10.4. The molecule has 0 aromatic heterocycles. The zero-order valence-corrected chi connectivity index (χ0v) is 5.58. The van der Waals surface area contributed by atoms with Crippen LogP contribution in [0.25, 0.3) is 0 Å². The van der Waals surface area contributed by atoms with E-state index in [2.05, 4.69) is 4.74 Å². The van der Waals surface area contributed by atoms with Crippen LogP contribution in [0.4, 0.5) is 0 Å². The Bertz CT molecular complexity index is 153. The van der Waals surface area contributed by atoms with Crippen LogP contribution in [-0.4, -0.2) is 43.4 Å². The van der Waals surface area contributed by atoms with Crippen molar-refractivity contribution >= 4 is 5.97 Å². The fraction of sp³-hybridized carbons (Fsp3) is 0.833. The monoisotopic (exact) mass is 143 g/mol. The standard InChI is InChI=1S/C6H9NO3/c8-6-5(10-6)7-1-3-9-4-2-7/h5H,1-4H2/t5-/m0/s1. The smallest absolute Gasteiger partial charge is 0.365 e.